The average Bonchev–Trinajstić information content (AvgIpc) is 2.54. The van der Waals surface area contributed by atoms with Crippen molar-refractivity contribution in [2.45, 2.75) is 13.5 Å². The zero-order valence-electron chi connectivity index (χ0n) is 13.0. The first-order valence-electron chi connectivity index (χ1n) is 6.98. The highest BCUT2D eigenvalue weighted by molar-refractivity contribution is 5.91. The summed E-state index contributed by atoms with van der Waals surface area (Å²) < 4.78 is 10.6. The first kappa shape index (κ1) is 16.4. The van der Waals surface area contributed by atoms with Crippen molar-refractivity contribution in [2.75, 3.05) is 7.11 Å². The molecule has 6 heteroatoms. The molecular weight excluding hydrogens is 296 g/mol. The van der Waals surface area contributed by atoms with E-state index in [-0.39, 0.29) is 0 Å². The number of methoxy groups -OCH3 is 1. The summed E-state index contributed by atoms with van der Waals surface area (Å²) in [6.45, 7) is 2.23. The number of amides is 2. The van der Waals surface area contributed by atoms with Gasteiger partial charge in [0.2, 0.25) is 0 Å². The molecule has 120 valence electrons. The third-order valence-corrected chi connectivity index (χ3v) is 3.18. The summed E-state index contributed by atoms with van der Waals surface area (Å²) in [5.41, 5.74) is 7.24. The monoisotopic (exact) mass is 314 g/mol. The van der Waals surface area contributed by atoms with Gasteiger partial charge in [-0.2, -0.15) is 0 Å². The minimum Gasteiger partial charge on any atom is -0.493 e. The fourth-order valence-corrected chi connectivity index (χ4v) is 1.97. The lowest BCUT2D eigenvalue weighted by Crippen LogP contribution is -2.28. The third kappa shape index (κ3) is 4.47. The Morgan fingerprint density at radius 2 is 1.78 bits per heavy atom. The van der Waals surface area contributed by atoms with Gasteiger partial charge in [0, 0.05) is 6.54 Å². The van der Waals surface area contributed by atoms with Crippen LogP contribution < -0.4 is 20.5 Å². The molecule has 23 heavy (non-hydrogen) atoms. The van der Waals surface area contributed by atoms with Gasteiger partial charge in [-0.3, -0.25) is 0 Å². The van der Waals surface area contributed by atoms with Gasteiger partial charge in [0.25, 0.3) is 0 Å². The maximum Gasteiger partial charge on any atom is 0.343 e. The molecule has 0 saturated heterocycles. The highest BCUT2D eigenvalue weighted by atomic mass is 16.6. The number of carbonyl (C=O) groups is 2. The summed E-state index contributed by atoms with van der Waals surface area (Å²) in [4.78, 5) is 22.8. The molecular formula is C17H18N2O4. The number of ether oxygens (including phenoxy) is 2. The van der Waals surface area contributed by atoms with Crippen LogP contribution in [0.15, 0.2) is 42.5 Å². The van der Waals surface area contributed by atoms with E-state index in [4.69, 9.17) is 15.2 Å². The van der Waals surface area contributed by atoms with E-state index < -0.39 is 12.0 Å². The van der Waals surface area contributed by atoms with Crippen molar-refractivity contribution in [1.82, 2.24) is 5.32 Å². The maximum absolute atomic E-state index is 12.2. The largest absolute Gasteiger partial charge is 0.493 e. The molecule has 0 spiro atoms. The van der Waals surface area contributed by atoms with Gasteiger partial charge in [0.1, 0.15) is 0 Å². The van der Waals surface area contributed by atoms with Crippen LogP contribution in [0.2, 0.25) is 0 Å². The summed E-state index contributed by atoms with van der Waals surface area (Å²) in [5.74, 6) is 0.379. The van der Waals surface area contributed by atoms with Crippen LogP contribution in [0.1, 0.15) is 21.5 Å². The van der Waals surface area contributed by atoms with Gasteiger partial charge in [0.05, 0.1) is 12.7 Å². The van der Waals surface area contributed by atoms with Crippen molar-refractivity contribution in [3.8, 4) is 11.5 Å². The zero-order chi connectivity index (χ0) is 16.8. The fourth-order valence-electron chi connectivity index (χ4n) is 1.97. The van der Waals surface area contributed by atoms with E-state index in [0.717, 1.165) is 11.1 Å². The summed E-state index contributed by atoms with van der Waals surface area (Å²) in [5, 5.41) is 2.48. The van der Waals surface area contributed by atoms with Crippen LogP contribution in [0.3, 0.4) is 0 Å². The number of nitrogens with one attached hydrogen (secondary N) is 1. The molecule has 0 radical (unpaired) electrons. The van der Waals surface area contributed by atoms with Crippen molar-refractivity contribution < 1.29 is 19.1 Å². The molecule has 0 aliphatic rings. The van der Waals surface area contributed by atoms with Gasteiger partial charge in [-0.15, -0.1) is 0 Å². The minimum atomic E-state index is -0.597. The number of rotatable bonds is 5. The topological polar surface area (TPSA) is 90.7 Å². The van der Waals surface area contributed by atoms with Crippen molar-refractivity contribution in [3.05, 3.63) is 59.2 Å². The van der Waals surface area contributed by atoms with Crippen LogP contribution in [-0.2, 0) is 6.54 Å². The van der Waals surface area contributed by atoms with Crippen molar-refractivity contribution in [2.24, 2.45) is 5.73 Å². The van der Waals surface area contributed by atoms with E-state index in [1.165, 1.54) is 7.11 Å². The molecule has 0 bridgehead atoms. The Kier molecular flexibility index (Phi) is 5.19. The molecule has 3 N–H and O–H groups in total. The van der Waals surface area contributed by atoms with Crippen molar-refractivity contribution >= 4 is 12.0 Å². The maximum atomic E-state index is 12.2. The van der Waals surface area contributed by atoms with Crippen molar-refractivity contribution in [3.63, 3.8) is 0 Å². The molecule has 2 aromatic carbocycles. The lowest BCUT2D eigenvalue weighted by molar-refractivity contribution is 0.0729. The molecule has 2 amide bonds. The molecule has 2 rings (SSSR count). The van der Waals surface area contributed by atoms with E-state index in [1.54, 1.807) is 36.4 Å². The SMILES string of the molecule is COc1cc(C)ccc1OC(=O)c1ccc(CNC(N)=O)cc1. The summed E-state index contributed by atoms with van der Waals surface area (Å²) in [7, 11) is 1.52. The Balaban J connectivity index is 2.07. The van der Waals surface area contributed by atoms with Gasteiger partial charge < -0.3 is 20.5 Å². The Bertz CT molecular complexity index is 711. The molecule has 2 aromatic rings. The predicted molar refractivity (Wildman–Crippen MR) is 85.6 cm³/mol. The highest BCUT2D eigenvalue weighted by Gasteiger charge is 2.12. The van der Waals surface area contributed by atoms with Crippen LogP contribution in [0.25, 0.3) is 0 Å². The Labute approximate surface area is 134 Å². The summed E-state index contributed by atoms with van der Waals surface area (Å²) in [6.07, 6.45) is 0. The standard InChI is InChI=1S/C17H18N2O4/c1-11-3-8-14(15(9-11)22-2)23-16(20)13-6-4-12(5-7-13)10-19-17(18)21/h3-9H,10H2,1-2H3,(H3,18,19,21). The van der Waals surface area contributed by atoms with Gasteiger partial charge in [0.15, 0.2) is 11.5 Å². The molecule has 0 saturated carbocycles. The number of benzene rings is 2. The van der Waals surface area contributed by atoms with Gasteiger partial charge in [-0.05, 0) is 42.3 Å². The number of aryl methyl sites for hydroxylation is 1. The Morgan fingerprint density at radius 1 is 1.09 bits per heavy atom. The van der Waals surface area contributed by atoms with E-state index in [2.05, 4.69) is 5.32 Å². The number of nitrogens with two attached hydrogens (primary N) is 1. The van der Waals surface area contributed by atoms with Gasteiger partial charge in [-0.1, -0.05) is 18.2 Å². The third-order valence-electron chi connectivity index (χ3n) is 3.18. The number of urea groups is 1. The second kappa shape index (κ2) is 7.31. The van der Waals surface area contributed by atoms with Crippen LogP contribution in [0.5, 0.6) is 11.5 Å². The zero-order valence-corrected chi connectivity index (χ0v) is 13.0. The normalized spacial score (nSPS) is 10.0. The number of hydrogen-bond donors (Lipinski definition) is 2. The molecule has 0 fully saturated rings. The van der Waals surface area contributed by atoms with Gasteiger partial charge in [-0.25, -0.2) is 9.59 Å². The molecule has 6 nitrogen and oxygen atoms in total. The second-order valence-electron chi connectivity index (χ2n) is 4.96. The summed E-state index contributed by atoms with van der Waals surface area (Å²) in [6, 6.07) is 11.4. The first-order chi connectivity index (χ1) is 11.0. The predicted octanol–water partition coefficient (Wildman–Crippen LogP) is 2.39. The lowest BCUT2D eigenvalue weighted by Gasteiger charge is -2.10. The van der Waals surface area contributed by atoms with Crippen LogP contribution >= 0.6 is 0 Å². The quantitative estimate of drug-likeness (QED) is 0.655. The minimum absolute atomic E-state index is 0.302. The van der Waals surface area contributed by atoms with E-state index in [0.29, 0.717) is 23.6 Å². The smallest absolute Gasteiger partial charge is 0.343 e. The van der Waals surface area contributed by atoms with E-state index in [9.17, 15) is 9.59 Å². The first-order valence-corrected chi connectivity index (χ1v) is 6.98. The molecule has 0 unspecified atom stereocenters. The van der Waals surface area contributed by atoms with E-state index in [1.807, 2.05) is 13.0 Å². The molecule has 0 aliphatic heterocycles. The average molecular weight is 314 g/mol. The Morgan fingerprint density at radius 3 is 2.39 bits per heavy atom. The number of carbonyl (C=O) groups excluding carboxylic acids is 2. The molecule has 0 aliphatic carbocycles. The highest BCUT2D eigenvalue weighted by Crippen LogP contribution is 2.28. The molecule has 0 aromatic heterocycles. The lowest BCUT2D eigenvalue weighted by atomic mass is 10.1. The second-order valence-corrected chi connectivity index (χ2v) is 4.96. The van der Waals surface area contributed by atoms with Crippen LogP contribution in [0.4, 0.5) is 4.79 Å². The van der Waals surface area contributed by atoms with E-state index >= 15 is 0 Å². The summed E-state index contributed by atoms with van der Waals surface area (Å²) >= 11 is 0. The Hall–Kier alpha value is -3.02. The fraction of sp³-hybridized carbons (Fsp3) is 0.176. The number of primary amides is 1. The molecule has 0 atom stereocenters. The van der Waals surface area contributed by atoms with Crippen LogP contribution in [-0.4, -0.2) is 19.1 Å². The molecule has 0 heterocycles. The van der Waals surface area contributed by atoms with Gasteiger partial charge >= 0.3 is 12.0 Å². The van der Waals surface area contributed by atoms with Crippen molar-refractivity contribution in [1.29, 1.82) is 0 Å². The number of hydrogen-bond acceptors (Lipinski definition) is 4. The number of esters is 1. The van der Waals surface area contributed by atoms with Crippen LogP contribution in [0, 0.1) is 6.92 Å².